The summed E-state index contributed by atoms with van der Waals surface area (Å²) in [6, 6.07) is 8.00. The van der Waals surface area contributed by atoms with Crippen molar-refractivity contribution in [2.45, 2.75) is 32.1 Å². The van der Waals surface area contributed by atoms with Gasteiger partial charge in [0.25, 0.3) is 0 Å². The second kappa shape index (κ2) is 6.04. The molecule has 0 saturated heterocycles. The summed E-state index contributed by atoms with van der Waals surface area (Å²) in [6.07, 6.45) is 0.0987. The quantitative estimate of drug-likeness (QED) is 0.911. The van der Waals surface area contributed by atoms with Crippen LogP contribution >= 0.6 is 11.8 Å². The van der Waals surface area contributed by atoms with E-state index in [1.807, 2.05) is 39.0 Å². The molecule has 1 aromatic carbocycles. The number of carbonyl (C=O) groups excluding carboxylic acids is 1. The Morgan fingerprint density at radius 1 is 1.36 bits per heavy atom. The van der Waals surface area contributed by atoms with Crippen molar-refractivity contribution in [2.75, 3.05) is 11.1 Å². The molecule has 0 fully saturated rings. The number of para-hydroxylation sites is 1. The van der Waals surface area contributed by atoms with E-state index in [0.717, 1.165) is 22.6 Å². The van der Waals surface area contributed by atoms with E-state index in [2.05, 4.69) is 21.6 Å². The predicted octanol–water partition coefficient (Wildman–Crippen LogP) is 3.28. The summed E-state index contributed by atoms with van der Waals surface area (Å²) >= 11 is 1.60. The molecule has 2 heterocycles. The number of rotatable bonds is 3. The van der Waals surface area contributed by atoms with E-state index in [4.69, 9.17) is 4.74 Å². The number of fused-ring (bicyclic) bond motifs is 1. The van der Waals surface area contributed by atoms with Gasteiger partial charge in [0.2, 0.25) is 5.91 Å². The molecule has 1 aliphatic rings. The number of amides is 1. The summed E-state index contributed by atoms with van der Waals surface area (Å²) in [5, 5.41) is 10.1. The van der Waals surface area contributed by atoms with Crippen molar-refractivity contribution < 1.29 is 9.53 Å². The molecule has 1 aliphatic heterocycles. The Hall–Kier alpha value is -1.95. The van der Waals surface area contributed by atoms with Crippen molar-refractivity contribution >= 4 is 23.5 Å². The molecule has 0 bridgehead atoms. The van der Waals surface area contributed by atoms with Crippen LogP contribution in [0.4, 0.5) is 5.82 Å². The minimum Gasteiger partial charge on any atom is -0.491 e. The number of benzene rings is 1. The number of hydrogen-bond acceptors (Lipinski definition) is 4. The first-order chi connectivity index (χ1) is 10.6. The fourth-order valence-corrected chi connectivity index (χ4v) is 3.79. The number of aromatic nitrogens is 2. The van der Waals surface area contributed by atoms with Crippen LogP contribution in [0.25, 0.3) is 0 Å². The van der Waals surface area contributed by atoms with Crippen LogP contribution in [0.3, 0.4) is 0 Å². The molecule has 0 spiro atoms. The van der Waals surface area contributed by atoms with Gasteiger partial charge in [-0.05, 0) is 26.8 Å². The van der Waals surface area contributed by atoms with Gasteiger partial charge in [-0.2, -0.15) is 5.10 Å². The van der Waals surface area contributed by atoms with Gasteiger partial charge < -0.3 is 10.1 Å². The average molecular weight is 317 g/mol. The van der Waals surface area contributed by atoms with Crippen LogP contribution in [0.5, 0.6) is 5.75 Å². The van der Waals surface area contributed by atoms with Crippen LogP contribution < -0.4 is 10.1 Å². The molecule has 22 heavy (non-hydrogen) atoms. The van der Waals surface area contributed by atoms with Crippen LogP contribution in [0.15, 0.2) is 24.3 Å². The van der Waals surface area contributed by atoms with Crippen molar-refractivity contribution in [1.82, 2.24) is 10.2 Å². The van der Waals surface area contributed by atoms with Gasteiger partial charge in [-0.1, -0.05) is 18.2 Å². The van der Waals surface area contributed by atoms with Crippen LogP contribution in [0.2, 0.25) is 0 Å². The van der Waals surface area contributed by atoms with Crippen molar-refractivity contribution in [3.63, 3.8) is 0 Å². The van der Waals surface area contributed by atoms with E-state index in [1.165, 1.54) is 0 Å². The van der Waals surface area contributed by atoms with Crippen LogP contribution in [0, 0.1) is 6.92 Å². The maximum atomic E-state index is 11.9. The smallest absolute Gasteiger partial charge is 0.235 e. The maximum absolute atomic E-state index is 11.9. The lowest BCUT2D eigenvalue weighted by molar-refractivity contribution is -0.113. The second-order valence-electron chi connectivity index (χ2n) is 5.55. The zero-order valence-corrected chi connectivity index (χ0v) is 13.7. The lowest BCUT2D eigenvalue weighted by Gasteiger charge is -2.20. The third kappa shape index (κ3) is 2.83. The fourth-order valence-electron chi connectivity index (χ4n) is 2.57. The van der Waals surface area contributed by atoms with E-state index in [1.54, 1.807) is 11.8 Å². The Bertz CT molecular complexity index is 696. The molecule has 0 radical (unpaired) electrons. The summed E-state index contributed by atoms with van der Waals surface area (Å²) in [5.41, 5.74) is 3.06. The molecule has 5 nitrogen and oxygen atoms in total. The molecule has 1 aromatic heterocycles. The predicted molar refractivity (Wildman–Crippen MR) is 88.5 cm³/mol. The third-order valence-electron chi connectivity index (χ3n) is 3.46. The molecule has 3 rings (SSSR count). The van der Waals surface area contributed by atoms with Crippen molar-refractivity contribution in [1.29, 1.82) is 0 Å². The molecule has 2 aromatic rings. The molecular formula is C16H19N3O2S. The highest BCUT2D eigenvalue weighted by Crippen LogP contribution is 2.45. The van der Waals surface area contributed by atoms with Crippen molar-refractivity contribution in [3.8, 4) is 5.75 Å². The second-order valence-corrected chi connectivity index (χ2v) is 6.65. The first-order valence-electron chi connectivity index (χ1n) is 7.28. The normalized spacial score (nSPS) is 17.8. The largest absolute Gasteiger partial charge is 0.491 e. The number of nitrogens with one attached hydrogen (secondary N) is 2. The van der Waals surface area contributed by atoms with Crippen LogP contribution in [-0.4, -0.2) is 28.0 Å². The Morgan fingerprint density at radius 2 is 2.14 bits per heavy atom. The lowest BCUT2D eigenvalue weighted by atomic mass is 10.0. The minimum absolute atomic E-state index is 0.0163. The topological polar surface area (TPSA) is 67.0 Å². The highest BCUT2D eigenvalue weighted by molar-refractivity contribution is 8.00. The monoisotopic (exact) mass is 317 g/mol. The Kier molecular flexibility index (Phi) is 4.11. The molecule has 0 unspecified atom stereocenters. The van der Waals surface area contributed by atoms with Crippen molar-refractivity contribution in [3.05, 3.63) is 41.1 Å². The zero-order valence-electron chi connectivity index (χ0n) is 12.8. The highest BCUT2D eigenvalue weighted by atomic mass is 32.2. The SMILES string of the molecule is Cc1[nH]nc2c1[C@@H](c1ccccc1OC(C)C)SCC(=O)N2. The Morgan fingerprint density at radius 3 is 2.91 bits per heavy atom. The lowest BCUT2D eigenvalue weighted by Crippen LogP contribution is -2.12. The van der Waals surface area contributed by atoms with Crippen LogP contribution in [0.1, 0.15) is 35.9 Å². The highest BCUT2D eigenvalue weighted by Gasteiger charge is 2.30. The van der Waals surface area contributed by atoms with E-state index in [9.17, 15) is 4.79 Å². The average Bonchev–Trinajstić information content (AvgIpc) is 2.73. The molecule has 116 valence electrons. The van der Waals surface area contributed by atoms with Gasteiger partial charge in [-0.3, -0.25) is 9.89 Å². The molecule has 2 N–H and O–H groups in total. The summed E-state index contributed by atoms with van der Waals surface area (Å²) in [7, 11) is 0. The number of carbonyl (C=O) groups is 1. The van der Waals surface area contributed by atoms with Gasteiger partial charge in [0.05, 0.1) is 17.1 Å². The molecule has 1 atom stereocenters. The zero-order chi connectivity index (χ0) is 15.7. The molecule has 0 saturated carbocycles. The first-order valence-corrected chi connectivity index (χ1v) is 8.33. The van der Waals surface area contributed by atoms with E-state index < -0.39 is 0 Å². The maximum Gasteiger partial charge on any atom is 0.235 e. The van der Waals surface area contributed by atoms with Gasteiger partial charge >= 0.3 is 0 Å². The minimum atomic E-state index is -0.0255. The van der Waals surface area contributed by atoms with Crippen molar-refractivity contribution in [2.24, 2.45) is 0 Å². The number of nitrogens with zero attached hydrogens (tertiary/aromatic N) is 1. The van der Waals surface area contributed by atoms with E-state index in [-0.39, 0.29) is 17.3 Å². The Balaban J connectivity index is 2.08. The summed E-state index contributed by atoms with van der Waals surface area (Å²) in [6.45, 7) is 6.00. The molecule has 6 heteroatoms. The number of ether oxygens (including phenoxy) is 1. The Labute approximate surface area is 133 Å². The molecule has 0 aliphatic carbocycles. The molecular weight excluding hydrogens is 298 g/mol. The number of hydrogen-bond donors (Lipinski definition) is 2. The van der Waals surface area contributed by atoms with E-state index >= 15 is 0 Å². The number of aromatic amines is 1. The van der Waals surface area contributed by atoms with Gasteiger partial charge in [-0.25, -0.2) is 0 Å². The number of aryl methyl sites for hydroxylation is 1. The van der Waals surface area contributed by atoms with E-state index in [0.29, 0.717) is 11.6 Å². The van der Waals surface area contributed by atoms with Gasteiger partial charge in [0.15, 0.2) is 5.82 Å². The first kappa shape index (κ1) is 15.0. The standard InChI is InChI=1S/C16H19N3O2S/c1-9(2)21-12-7-5-4-6-11(12)15-14-10(3)18-19-16(14)17-13(20)8-22-15/h4-7,9,15H,8H2,1-3H3,(H2,17,18,19,20)/t15-/m1/s1. The van der Waals surface area contributed by atoms with Crippen LogP contribution in [-0.2, 0) is 4.79 Å². The summed E-state index contributed by atoms with van der Waals surface area (Å²) < 4.78 is 5.95. The van der Waals surface area contributed by atoms with Gasteiger partial charge in [-0.15, -0.1) is 11.8 Å². The fraction of sp³-hybridized carbons (Fsp3) is 0.375. The number of thioether (sulfide) groups is 1. The molecule has 1 amide bonds. The number of anilines is 1. The number of H-pyrrole nitrogens is 1. The van der Waals surface area contributed by atoms with Gasteiger partial charge in [0.1, 0.15) is 5.75 Å². The summed E-state index contributed by atoms with van der Waals surface area (Å²) in [5.74, 6) is 1.85. The third-order valence-corrected chi connectivity index (χ3v) is 4.71. The summed E-state index contributed by atoms with van der Waals surface area (Å²) in [4.78, 5) is 11.9. The van der Waals surface area contributed by atoms with Gasteiger partial charge in [0, 0.05) is 16.8 Å².